The second kappa shape index (κ2) is 12.1. The Morgan fingerprint density at radius 3 is 2.37 bits per heavy atom. The van der Waals surface area contributed by atoms with Crippen LogP contribution in [0, 0.1) is 5.92 Å². The number of hydrogen-bond donors (Lipinski definition) is 4. The number of rotatable bonds is 12. The van der Waals surface area contributed by atoms with Crippen LogP contribution in [0.1, 0.15) is 29.2 Å². The Balaban J connectivity index is 1.43. The summed E-state index contributed by atoms with van der Waals surface area (Å²) in [5.74, 6) is -0.184. The average molecular weight is 536 g/mol. The van der Waals surface area contributed by atoms with Gasteiger partial charge in [-0.1, -0.05) is 61.2 Å². The van der Waals surface area contributed by atoms with E-state index in [0.29, 0.717) is 25.0 Å². The highest BCUT2D eigenvalue weighted by atomic mass is 32.2. The first kappa shape index (κ1) is 27.9. The van der Waals surface area contributed by atoms with E-state index in [2.05, 4.69) is 16.6 Å². The van der Waals surface area contributed by atoms with Gasteiger partial charge in [0.15, 0.2) is 0 Å². The van der Waals surface area contributed by atoms with Crippen LogP contribution in [0.2, 0.25) is 0 Å². The van der Waals surface area contributed by atoms with Crippen LogP contribution in [-0.4, -0.2) is 51.5 Å². The van der Waals surface area contributed by atoms with Gasteiger partial charge in [0, 0.05) is 44.4 Å². The molecule has 0 saturated carbocycles. The summed E-state index contributed by atoms with van der Waals surface area (Å²) in [6.45, 7) is 4.16. The quantitative estimate of drug-likeness (QED) is 0.284. The van der Waals surface area contributed by atoms with Crippen LogP contribution in [0.5, 0.6) is 0 Å². The highest BCUT2D eigenvalue weighted by Gasteiger charge is 2.32. The summed E-state index contributed by atoms with van der Waals surface area (Å²) in [4.78, 5) is 2.04. The Morgan fingerprint density at radius 1 is 1.03 bits per heavy atom. The summed E-state index contributed by atoms with van der Waals surface area (Å²) in [6.07, 6.45) is -0.0130. The Bertz CT molecular complexity index is 1330. The standard InChI is InChI=1S/C30H37N3O4S/c1-21(32-30-28-12-8-7-11-23(28)19-29(30)35)24(17-22-9-5-4-6-10-22)18-26(34)20-31-38(36,37)27-15-13-25(14-16-27)33(2)3/h4-16,24,26,29-32,34-35H,1,17-20H2,2-3H3/t24-,26+,29-,30+/m1/s1. The van der Waals surface area contributed by atoms with Crippen molar-refractivity contribution in [2.75, 3.05) is 25.5 Å². The van der Waals surface area contributed by atoms with Crippen LogP contribution in [0.25, 0.3) is 0 Å². The zero-order valence-electron chi connectivity index (χ0n) is 21.9. The predicted molar refractivity (Wildman–Crippen MR) is 151 cm³/mol. The minimum absolute atomic E-state index is 0.120. The van der Waals surface area contributed by atoms with Crippen molar-refractivity contribution in [2.45, 2.75) is 42.4 Å². The Kier molecular flexibility index (Phi) is 8.89. The number of sulfonamides is 1. The number of hydrogen-bond acceptors (Lipinski definition) is 6. The van der Waals surface area contributed by atoms with Gasteiger partial charge in [0.05, 0.1) is 23.1 Å². The van der Waals surface area contributed by atoms with Gasteiger partial charge >= 0.3 is 0 Å². The smallest absolute Gasteiger partial charge is 0.240 e. The molecule has 0 radical (unpaired) electrons. The number of anilines is 1. The fourth-order valence-corrected chi connectivity index (χ4v) is 6.01. The van der Waals surface area contributed by atoms with Gasteiger partial charge in [-0.05, 0) is 53.8 Å². The fraction of sp³-hybridized carbons (Fsp3) is 0.333. The first-order chi connectivity index (χ1) is 18.1. The molecule has 0 unspecified atom stereocenters. The van der Waals surface area contributed by atoms with Gasteiger partial charge in [-0.25, -0.2) is 13.1 Å². The normalized spacial score (nSPS) is 18.4. The van der Waals surface area contributed by atoms with E-state index in [9.17, 15) is 18.6 Å². The second-order valence-electron chi connectivity index (χ2n) is 10.1. The zero-order valence-corrected chi connectivity index (χ0v) is 22.7. The van der Waals surface area contributed by atoms with E-state index in [4.69, 9.17) is 0 Å². The molecule has 202 valence electrons. The number of benzene rings is 3. The lowest BCUT2D eigenvalue weighted by Gasteiger charge is -2.28. The number of nitrogens with one attached hydrogen (secondary N) is 2. The lowest BCUT2D eigenvalue weighted by Crippen LogP contribution is -2.36. The molecule has 38 heavy (non-hydrogen) atoms. The van der Waals surface area contributed by atoms with Crippen molar-refractivity contribution < 1.29 is 18.6 Å². The van der Waals surface area contributed by atoms with Gasteiger partial charge in [0.2, 0.25) is 10.0 Å². The maximum atomic E-state index is 12.8. The van der Waals surface area contributed by atoms with E-state index in [1.54, 1.807) is 24.3 Å². The molecule has 4 atom stereocenters. The molecular formula is C30H37N3O4S. The van der Waals surface area contributed by atoms with E-state index in [-0.39, 0.29) is 23.4 Å². The van der Waals surface area contributed by atoms with Crippen LogP contribution < -0.4 is 14.9 Å². The maximum absolute atomic E-state index is 12.8. The molecule has 0 aromatic heterocycles. The van der Waals surface area contributed by atoms with Crippen molar-refractivity contribution in [3.8, 4) is 0 Å². The molecule has 0 amide bonds. The average Bonchev–Trinajstić information content (AvgIpc) is 3.22. The number of aliphatic hydroxyl groups excluding tert-OH is 2. The summed E-state index contributed by atoms with van der Waals surface area (Å²) < 4.78 is 28.2. The third-order valence-corrected chi connectivity index (χ3v) is 8.53. The monoisotopic (exact) mass is 535 g/mol. The number of aliphatic hydroxyl groups is 2. The van der Waals surface area contributed by atoms with Crippen molar-refractivity contribution >= 4 is 15.7 Å². The Labute approximate surface area is 225 Å². The minimum atomic E-state index is -3.77. The molecule has 0 spiro atoms. The first-order valence-corrected chi connectivity index (χ1v) is 14.3. The van der Waals surface area contributed by atoms with Crippen molar-refractivity contribution in [3.63, 3.8) is 0 Å². The number of fused-ring (bicyclic) bond motifs is 1. The molecule has 0 saturated heterocycles. The molecule has 8 heteroatoms. The summed E-state index contributed by atoms with van der Waals surface area (Å²) in [5.41, 5.74) is 4.84. The molecule has 0 heterocycles. The molecule has 0 fully saturated rings. The number of nitrogens with zero attached hydrogens (tertiary/aromatic N) is 1. The van der Waals surface area contributed by atoms with E-state index in [0.717, 1.165) is 22.4 Å². The Hall–Kier alpha value is -3.17. The topological polar surface area (TPSA) is 102 Å². The molecule has 0 bridgehead atoms. The van der Waals surface area contributed by atoms with Crippen molar-refractivity contribution in [3.05, 3.63) is 108 Å². The van der Waals surface area contributed by atoms with Crippen molar-refractivity contribution in [2.24, 2.45) is 5.92 Å². The Morgan fingerprint density at radius 2 is 1.68 bits per heavy atom. The molecule has 1 aliphatic carbocycles. The van der Waals surface area contributed by atoms with Crippen molar-refractivity contribution in [1.29, 1.82) is 0 Å². The van der Waals surface area contributed by atoms with Gasteiger partial charge in [-0.3, -0.25) is 0 Å². The maximum Gasteiger partial charge on any atom is 0.240 e. The summed E-state index contributed by atoms with van der Waals surface area (Å²) >= 11 is 0. The van der Waals surface area contributed by atoms with Crippen molar-refractivity contribution in [1.82, 2.24) is 10.0 Å². The van der Waals surface area contributed by atoms with Gasteiger partial charge in [0.25, 0.3) is 0 Å². The SMILES string of the molecule is C=C(N[C@H]1c2ccccc2C[C@H]1O)[C@H](Cc1ccccc1)C[C@H](O)CNS(=O)(=O)c1ccc(N(C)C)cc1. The van der Waals surface area contributed by atoms with Gasteiger partial charge in [0.1, 0.15) is 0 Å². The molecule has 4 rings (SSSR count). The number of allylic oxidation sites excluding steroid dienone is 1. The molecule has 1 aliphatic rings. The fourth-order valence-electron chi connectivity index (χ4n) is 4.94. The van der Waals surface area contributed by atoms with Crippen LogP contribution in [-0.2, 0) is 22.9 Å². The van der Waals surface area contributed by atoms with E-state index >= 15 is 0 Å². The third kappa shape index (κ3) is 6.82. The summed E-state index contributed by atoms with van der Waals surface area (Å²) in [5, 5.41) is 25.0. The molecule has 3 aromatic rings. The highest BCUT2D eigenvalue weighted by Crippen LogP contribution is 2.33. The zero-order chi connectivity index (χ0) is 27.3. The highest BCUT2D eigenvalue weighted by molar-refractivity contribution is 7.89. The van der Waals surface area contributed by atoms with E-state index in [1.165, 1.54) is 0 Å². The molecular weight excluding hydrogens is 498 g/mol. The van der Waals surface area contributed by atoms with Crippen LogP contribution >= 0.6 is 0 Å². The molecule has 4 N–H and O–H groups in total. The van der Waals surface area contributed by atoms with Gasteiger partial charge in [-0.2, -0.15) is 0 Å². The van der Waals surface area contributed by atoms with E-state index < -0.39 is 22.2 Å². The minimum Gasteiger partial charge on any atom is -0.392 e. The molecule has 7 nitrogen and oxygen atoms in total. The van der Waals surface area contributed by atoms with Crippen LogP contribution in [0.4, 0.5) is 5.69 Å². The summed E-state index contributed by atoms with van der Waals surface area (Å²) in [6, 6.07) is 24.2. The largest absolute Gasteiger partial charge is 0.392 e. The van der Waals surface area contributed by atoms with Crippen LogP contribution in [0.3, 0.4) is 0 Å². The lowest BCUT2D eigenvalue weighted by molar-refractivity contribution is 0.136. The molecule has 0 aliphatic heterocycles. The molecule has 3 aromatic carbocycles. The van der Waals surface area contributed by atoms with Crippen LogP contribution in [0.15, 0.2) is 96.0 Å². The third-order valence-electron chi connectivity index (χ3n) is 7.09. The van der Waals surface area contributed by atoms with E-state index in [1.807, 2.05) is 73.6 Å². The first-order valence-electron chi connectivity index (χ1n) is 12.8. The second-order valence-corrected chi connectivity index (χ2v) is 11.9. The van der Waals surface area contributed by atoms with Gasteiger partial charge < -0.3 is 20.4 Å². The summed E-state index contributed by atoms with van der Waals surface area (Å²) in [7, 11) is 0.00381. The lowest BCUT2D eigenvalue weighted by atomic mass is 9.90. The predicted octanol–water partition coefficient (Wildman–Crippen LogP) is 3.40. The van der Waals surface area contributed by atoms with Gasteiger partial charge in [-0.15, -0.1) is 0 Å².